The molecule has 142 valence electrons. The van der Waals surface area contributed by atoms with E-state index in [0.717, 1.165) is 22.3 Å². The van der Waals surface area contributed by atoms with Crippen molar-refractivity contribution in [2.24, 2.45) is 11.3 Å². The van der Waals surface area contributed by atoms with Crippen molar-refractivity contribution in [3.8, 4) is 0 Å². The van der Waals surface area contributed by atoms with Gasteiger partial charge in [0.05, 0.1) is 17.1 Å². The van der Waals surface area contributed by atoms with E-state index in [1.807, 2.05) is 32.9 Å². The third kappa shape index (κ3) is 4.24. The van der Waals surface area contributed by atoms with Gasteiger partial charge in [-0.3, -0.25) is 9.59 Å². The highest BCUT2D eigenvalue weighted by Gasteiger charge is 2.36. The number of aryl methyl sites for hydroxylation is 3. The topological polar surface area (TPSA) is 63.6 Å². The first-order valence-corrected chi connectivity index (χ1v) is 9.16. The molecule has 0 aliphatic heterocycles. The van der Waals surface area contributed by atoms with E-state index in [1.54, 1.807) is 27.7 Å². The number of rotatable bonds is 3. The minimum Gasteiger partial charge on any atom is -0.430 e. The molecule has 0 bridgehead atoms. The second-order valence-corrected chi connectivity index (χ2v) is 8.54. The zero-order valence-electron chi connectivity index (χ0n) is 16.9. The van der Waals surface area contributed by atoms with E-state index in [0.29, 0.717) is 17.8 Å². The molecule has 0 saturated carbocycles. The highest BCUT2D eigenvalue weighted by Crippen LogP contribution is 2.38. The number of Topliss-reactive ketones (excluding diaryl/α,β-unsaturated/α-hetero) is 1. The number of allylic oxidation sites excluding steroid dienone is 2. The summed E-state index contributed by atoms with van der Waals surface area (Å²) in [6.45, 7) is 13.0. The first-order valence-electron chi connectivity index (χ1n) is 9.16. The second kappa shape index (κ2) is 7.36. The van der Waals surface area contributed by atoms with Gasteiger partial charge in [-0.05, 0) is 71.1 Å². The standard InChI is InChI=1S/C22H30O4/c1-12-8-13(2)19(14(3)9-12)20-17(24)10-16(15(4)23)11-18(20)26-21(25)22(5,6)7/h8-9,15-16,23H,10-11H2,1-7H3. The molecule has 1 aliphatic carbocycles. The fourth-order valence-corrected chi connectivity index (χ4v) is 3.46. The Morgan fingerprint density at radius 3 is 2.15 bits per heavy atom. The largest absolute Gasteiger partial charge is 0.430 e. The molecule has 1 aliphatic rings. The van der Waals surface area contributed by atoms with E-state index < -0.39 is 11.5 Å². The van der Waals surface area contributed by atoms with Crippen molar-refractivity contribution in [1.29, 1.82) is 0 Å². The summed E-state index contributed by atoms with van der Waals surface area (Å²) < 4.78 is 5.72. The van der Waals surface area contributed by atoms with Gasteiger partial charge in [-0.15, -0.1) is 0 Å². The molecule has 2 unspecified atom stereocenters. The molecule has 4 heteroatoms. The lowest BCUT2D eigenvalue weighted by molar-refractivity contribution is -0.149. The first-order chi connectivity index (χ1) is 11.9. The molecule has 0 saturated heterocycles. The Hall–Kier alpha value is -1.94. The fraction of sp³-hybridized carbons (Fsp3) is 0.545. The van der Waals surface area contributed by atoms with Gasteiger partial charge in [-0.25, -0.2) is 0 Å². The Morgan fingerprint density at radius 1 is 1.15 bits per heavy atom. The molecular formula is C22H30O4. The smallest absolute Gasteiger partial charge is 0.316 e. The van der Waals surface area contributed by atoms with Crippen molar-refractivity contribution in [2.45, 2.75) is 67.4 Å². The van der Waals surface area contributed by atoms with Crippen LogP contribution >= 0.6 is 0 Å². The molecular weight excluding hydrogens is 328 g/mol. The van der Waals surface area contributed by atoms with Gasteiger partial charge in [0.25, 0.3) is 0 Å². The van der Waals surface area contributed by atoms with Crippen molar-refractivity contribution in [3.05, 3.63) is 40.1 Å². The number of esters is 1. The normalized spacial score (nSPS) is 19.5. The molecule has 0 aromatic heterocycles. The van der Waals surface area contributed by atoms with E-state index in [-0.39, 0.29) is 24.1 Å². The van der Waals surface area contributed by atoms with E-state index in [9.17, 15) is 14.7 Å². The van der Waals surface area contributed by atoms with Crippen LogP contribution in [0, 0.1) is 32.1 Å². The number of carbonyl (C=O) groups is 2. The van der Waals surface area contributed by atoms with E-state index in [2.05, 4.69) is 0 Å². The van der Waals surface area contributed by atoms with Gasteiger partial charge in [-0.2, -0.15) is 0 Å². The van der Waals surface area contributed by atoms with Gasteiger partial charge in [0, 0.05) is 12.8 Å². The molecule has 1 aromatic rings. The lowest BCUT2D eigenvalue weighted by Crippen LogP contribution is -2.30. The number of carbonyl (C=O) groups excluding carboxylic acids is 2. The molecule has 0 amide bonds. The molecule has 26 heavy (non-hydrogen) atoms. The van der Waals surface area contributed by atoms with E-state index in [1.165, 1.54) is 0 Å². The van der Waals surface area contributed by atoms with Gasteiger partial charge >= 0.3 is 5.97 Å². The number of aliphatic hydroxyl groups excluding tert-OH is 1. The lowest BCUT2D eigenvalue weighted by Gasteiger charge is -2.30. The maximum atomic E-state index is 13.0. The molecule has 0 radical (unpaired) electrons. The number of ketones is 1. The minimum absolute atomic E-state index is 0.0751. The summed E-state index contributed by atoms with van der Waals surface area (Å²) in [7, 11) is 0. The van der Waals surface area contributed by atoms with Crippen LogP contribution in [-0.4, -0.2) is 23.0 Å². The summed E-state index contributed by atoms with van der Waals surface area (Å²) >= 11 is 0. The van der Waals surface area contributed by atoms with Crippen LogP contribution in [0.25, 0.3) is 5.57 Å². The van der Waals surface area contributed by atoms with Gasteiger partial charge in [0.15, 0.2) is 5.78 Å². The average molecular weight is 358 g/mol. The number of hydrogen-bond acceptors (Lipinski definition) is 4. The molecule has 2 rings (SSSR count). The quantitative estimate of drug-likeness (QED) is 0.820. The lowest BCUT2D eigenvalue weighted by atomic mass is 9.79. The minimum atomic E-state index is -0.670. The van der Waals surface area contributed by atoms with Gasteiger partial charge in [0.1, 0.15) is 5.76 Å². The molecule has 1 aromatic carbocycles. The van der Waals surface area contributed by atoms with Crippen molar-refractivity contribution < 1.29 is 19.4 Å². The highest BCUT2D eigenvalue weighted by molar-refractivity contribution is 6.23. The van der Waals surface area contributed by atoms with Crippen LogP contribution in [0.5, 0.6) is 0 Å². The van der Waals surface area contributed by atoms with Crippen LogP contribution in [0.3, 0.4) is 0 Å². The maximum absolute atomic E-state index is 13.0. The predicted octanol–water partition coefficient (Wildman–Crippen LogP) is 4.27. The molecule has 0 heterocycles. The van der Waals surface area contributed by atoms with Crippen LogP contribution in [0.1, 0.15) is 62.8 Å². The highest BCUT2D eigenvalue weighted by atomic mass is 16.5. The Bertz CT molecular complexity index is 740. The maximum Gasteiger partial charge on any atom is 0.316 e. The summed E-state index contributed by atoms with van der Waals surface area (Å²) in [5.41, 5.74) is 3.78. The van der Waals surface area contributed by atoms with Crippen LogP contribution in [-0.2, 0) is 14.3 Å². The Kier molecular flexibility index (Phi) is 5.76. The molecule has 4 nitrogen and oxygen atoms in total. The van der Waals surface area contributed by atoms with Crippen LogP contribution < -0.4 is 0 Å². The second-order valence-electron chi connectivity index (χ2n) is 8.54. The van der Waals surface area contributed by atoms with Crippen LogP contribution in [0.4, 0.5) is 0 Å². The van der Waals surface area contributed by atoms with E-state index in [4.69, 9.17) is 4.74 Å². The Balaban J connectivity index is 2.63. The third-order valence-corrected chi connectivity index (χ3v) is 4.89. The number of hydrogen-bond donors (Lipinski definition) is 1. The summed E-state index contributed by atoms with van der Waals surface area (Å²) in [6, 6.07) is 4.07. The number of aliphatic hydroxyl groups is 1. The summed E-state index contributed by atoms with van der Waals surface area (Å²) in [5.74, 6) is -0.289. The van der Waals surface area contributed by atoms with Gasteiger partial charge in [0.2, 0.25) is 0 Å². The average Bonchev–Trinajstić information content (AvgIpc) is 2.47. The first kappa shape index (κ1) is 20.4. The zero-order valence-corrected chi connectivity index (χ0v) is 16.9. The predicted molar refractivity (Wildman–Crippen MR) is 103 cm³/mol. The van der Waals surface area contributed by atoms with Crippen molar-refractivity contribution in [2.75, 3.05) is 0 Å². The summed E-state index contributed by atoms with van der Waals surface area (Å²) in [5, 5.41) is 9.99. The van der Waals surface area contributed by atoms with Crippen LogP contribution in [0.15, 0.2) is 17.9 Å². The SMILES string of the molecule is Cc1cc(C)c(C2=C(OC(=O)C(C)(C)C)CC(C(C)O)CC2=O)c(C)c1. The van der Waals surface area contributed by atoms with Crippen molar-refractivity contribution in [1.82, 2.24) is 0 Å². The molecule has 0 spiro atoms. The number of ether oxygens (including phenoxy) is 1. The van der Waals surface area contributed by atoms with E-state index >= 15 is 0 Å². The monoisotopic (exact) mass is 358 g/mol. The Morgan fingerprint density at radius 2 is 1.69 bits per heavy atom. The van der Waals surface area contributed by atoms with Gasteiger partial charge in [-0.1, -0.05) is 17.7 Å². The fourth-order valence-electron chi connectivity index (χ4n) is 3.46. The molecule has 1 N–H and O–H groups in total. The molecule has 2 atom stereocenters. The molecule has 0 fully saturated rings. The van der Waals surface area contributed by atoms with Gasteiger partial charge < -0.3 is 9.84 Å². The summed E-state index contributed by atoms with van der Waals surface area (Å²) in [6.07, 6.45) is 0.00736. The van der Waals surface area contributed by atoms with Crippen molar-refractivity contribution >= 4 is 17.3 Å². The Labute approximate surface area is 156 Å². The van der Waals surface area contributed by atoms with Crippen molar-refractivity contribution in [3.63, 3.8) is 0 Å². The number of benzene rings is 1. The third-order valence-electron chi connectivity index (χ3n) is 4.89. The van der Waals surface area contributed by atoms with Crippen LogP contribution in [0.2, 0.25) is 0 Å². The zero-order chi connectivity index (χ0) is 19.8. The summed E-state index contributed by atoms with van der Waals surface area (Å²) in [4.78, 5) is 25.5.